The van der Waals surface area contributed by atoms with Crippen LogP contribution in [-0.2, 0) is 6.54 Å². The van der Waals surface area contributed by atoms with Gasteiger partial charge in [-0.05, 0) is 25.1 Å². The van der Waals surface area contributed by atoms with E-state index in [0.717, 1.165) is 36.8 Å². The molecule has 2 aromatic heterocycles. The Labute approximate surface area is 117 Å². The highest BCUT2D eigenvalue weighted by Crippen LogP contribution is 2.20. The van der Waals surface area contributed by atoms with Crippen molar-refractivity contribution in [1.29, 1.82) is 0 Å². The highest BCUT2D eigenvalue weighted by atomic mass is 32.2. The summed E-state index contributed by atoms with van der Waals surface area (Å²) in [6, 6.07) is 6.07. The quantitative estimate of drug-likeness (QED) is 0.856. The van der Waals surface area contributed by atoms with Crippen molar-refractivity contribution in [3.8, 4) is 11.4 Å². The molecule has 0 aliphatic carbocycles. The molecular formula is C13H17N5S. The van der Waals surface area contributed by atoms with Crippen molar-refractivity contribution in [2.75, 3.05) is 29.5 Å². The van der Waals surface area contributed by atoms with Gasteiger partial charge in [0.1, 0.15) is 5.69 Å². The number of hydrogen-bond donors (Lipinski definition) is 0. The van der Waals surface area contributed by atoms with E-state index in [9.17, 15) is 0 Å². The first-order valence-corrected chi connectivity index (χ1v) is 7.72. The first kappa shape index (κ1) is 12.5. The number of nitrogens with zero attached hydrogens (tertiary/aromatic N) is 5. The maximum absolute atomic E-state index is 4.36. The van der Waals surface area contributed by atoms with Gasteiger partial charge in [0.25, 0.3) is 0 Å². The van der Waals surface area contributed by atoms with E-state index in [-0.39, 0.29) is 0 Å². The molecule has 0 atom stereocenters. The summed E-state index contributed by atoms with van der Waals surface area (Å²) in [6.45, 7) is 5.04. The molecule has 1 fully saturated rings. The highest BCUT2D eigenvalue weighted by Gasteiger charge is 2.13. The van der Waals surface area contributed by atoms with Crippen LogP contribution in [0.3, 0.4) is 0 Å². The fraction of sp³-hybridized carbons (Fsp3) is 0.462. The first-order valence-electron chi connectivity index (χ1n) is 6.57. The molecule has 2 aromatic rings. The van der Waals surface area contributed by atoms with Crippen LogP contribution in [0.4, 0.5) is 5.82 Å². The van der Waals surface area contributed by atoms with Crippen LogP contribution in [0.15, 0.2) is 24.4 Å². The summed E-state index contributed by atoms with van der Waals surface area (Å²) in [5.41, 5.74) is 1.91. The predicted octanol–water partition coefficient (Wildman–Crippen LogP) is 1.91. The third-order valence-electron chi connectivity index (χ3n) is 3.26. The lowest BCUT2D eigenvalue weighted by molar-refractivity contribution is 0.664. The Hall–Kier alpha value is -1.56. The Morgan fingerprint density at radius 3 is 2.68 bits per heavy atom. The summed E-state index contributed by atoms with van der Waals surface area (Å²) < 4.78 is 1.93. The number of aromatic nitrogens is 4. The lowest BCUT2D eigenvalue weighted by Gasteiger charge is -2.26. The molecule has 1 aliphatic rings. The van der Waals surface area contributed by atoms with Gasteiger partial charge in [-0.3, -0.25) is 4.68 Å². The molecule has 3 rings (SSSR count). The van der Waals surface area contributed by atoms with Gasteiger partial charge in [0.05, 0.1) is 5.69 Å². The lowest BCUT2D eigenvalue weighted by atomic mass is 10.3. The van der Waals surface area contributed by atoms with E-state index in [0.29, 0.717) is 0 Å². The van der Waals surface area contributed by atoms with Crippen molar-refractivity contribution in [2.45, 2.75) is 13.5 Å². The maximum Gasteiger partial charge on any atom is 0.151 e. The van der Waals surface area contributed by atoms with Crippen LogP contribution in [0.1, 0.15) is 6.92 Å². The van der Waals surface area contributed by atoms with Crippen molar-refractivity contribution in [2.24, 2.45) is 0 Å². The van der Waals surface area contributed by atoms with Gasteiger partial charge in [0.2, 0.25) is 0 Å². The monoisotopic (exact) mass is 275 g/mol. The van der Waals surface area contributed by atoms with Crippen LogP contribution in [-0.4, -0.2) is 44.6 Å². The molecule has 0 aromatic carbocycles. The van der Waals surface area contributed by atoms with Gasteiger partial charge in [-0.15, -0.1) is 10.2 Å². The van der Waals surface area contributed by atoms with Gasteiger partial charge < -0.3 is 4.90 Å². The summed E-state index contributed by atoms with van der Waals surface area (Å²) in [5.74, 6) is 3.32. The minimum Gasteiger partial charge on any atom is -0.353 e. The number of hydrogen-bond acceptors (Lipinski definition) is 5. The van der Waals surface area contributed by atoms with Crippen LogP contribution in [0, 0.1) is 0 Å². The zero-order valence-electron chi connectivity index (χ0n) is 11.0. The molecule has 1 saturated heterocycles. The lowest BCUT2D eigenvalue weighted by Crippen LogP contribution is -2.33. The summed E-state index contributed by atoms with van der Waals surface area (Å²) >= 11 is 2.00. The standard InChI is InChI=1S/C13H17N5S/c1-2-18-12(5-6-14-18)11-3-4-13(16-15-11)17-7-9-19-10-8-17/h3-6H,2,7-10H2,1H3. The van der Waals surface area contributed by atoms with Gasteiger partial charge in [-0.1, -0.05) is 0 Å². The Morgan fingerprint density at radius 1 is 1.16 bits per heavy atom. The van der Waals surface area contributed by atoms with E-state index in [1.54, 1.807) is 6.20 Å². The van der Waals surface area contributed by atoms with Crippen molar-refractivity contribution in [3.63, 3.8) is 0 Å². The summed E-state index contributed by atoms with van der Waals surface area (Å²) in [5, 5.41) is 13.0. The Morgan fingerprint density at radius 2 is 2.00 bits per heavy atom. The average molecular weight is 275 g/mol. The molecule has 0 unspecified atom stereocenters. The second kappa shape index (κ2) is 5.61. The van der Waals surface area contributed by atoms with Gasteiger partial charge >= 0.3 is 0 Å². The molecule has 3 heterocycles. The normalized spacial score (nSPS) is 15.7. The number of rotatable bonds is 3. The second-order valence-electron chi connectivity index (χ2n) is 4.41. The number of thioether (sulfide) groups is 1. The van der Waals surface area contributed by atoms with Crippen LogP contribution in [0.25, 0.3) is 11.4 Å². The molecule has 19 heavy (non-hydrogen) atoms. The molecule has 0 saturated carbocycles. The fourth-order valence-corrected chi connectivity index (χ4v) is 3.13. The minimum absolute atomic E-state index is 0.842. The predicted molar refractivity (Wildman–Crippen MR) is 78.5 cm³/mol. The summed E-state index contributed by atoms with van der Waals surface area (Å²) in [7, 11) is 0. The molecule has 1 aliphatic heterocycles. The molecule has 100 valence electrons. The van der Waals surface area contributed by atoms with Crippen molar-refractivity contribution in [1.82, 2.24) is 20.0 Å². The first-order chi connectivity index (χ1) is 9.38. The van der Waals surface area contributed by atoms with E-state index in [4.69, 9.17) is 0 Å². The van der Waals surface area contributed by atoms with Crippen LogP contribution >= 0.6 is 11.8 Å². The Kier molecular flexibility index (Phi) is 3.68. The molecular weight excluding hydrogens is 258 g/mol. The number of aryl methyl sites for hydroxylation is 1. The average Bonchev–Trinajstić information content (AvgIpc) is 2.97. The van der Waals surface area contributed by atoms with Crippen LogP contribution in [0.5, 0.6) is 0 Å². The third kappa shape index (κ3) is 2.58. The van der Waals surface area contributed by atoms with Crippen molar-refractivity contribution in [3.05, 3.63) is 24.4 Å². The van der Waals surface area contributed by atoms with Gasteiger partial charge in [0.15, 0.2) is 5.82 Å². The number of anilines is 1. The smallest absolute Gasteiger partial charge is 0.151 e. The third-order valence-corrected chi connectivity index (χ3v) is 4.21. The zero-order valence-corrected chi connectivity index (χ0v) is 11.8. The minimum atomic E-state index is 0.842. The van der Waals surface area contributed by atoms with E-state index < -0.39 is 0 Å². The van der Waals surface area contributed by atoms with Gasteiger partial charge in [-0.25, -0.2) is 0 Å². The molecule has 0 bridgehead atoms. The van der Waals surface area contributed by atoms with E-state index in [1.807, 2.05) is 28.6 Å². The topological polar surface area (TPSA) is 46.8 Å². The Bertz CT molecular complexity index is 530. The van der Waals surface area contributed by atoms with Crippen molar-refractivity contribution >= 4 is 17.6 Å². The van der Waals surface area contributed by atoms with Crippen molar-refractivity contribution < 1.29 is 0 Å². The van der Waals surface area contributed by atoms with E-state index in [1.165, 1.54) is 11.5 Å². The second-order valence-corrected chi connectivity index (χ2v) is 5.63. The molecule has 0 spiro atoms. The van der Waals surface area contributed by atoms with E-state index in [2.05, 4.69) is 33.2 Å². The van der Waals surface area contributed by atoms with Crippen LogP contribution in [0.2, 0.25) is 0 Å². The molecule has 0 N–H and O–H groups in total. The van der Waals surface area contributed by atoms with E-state index >= 15 is 0 Å². The SMILES string of the molecule is CCn1nccc1-c1ccc(N2CCSCC2)nn1. The summed E-state index contributed by atoms with van der Waals surface area (Å²) in [6.07, 6.45) is 1.80. The maximum atomic E-state index is 4.36. The fourth-order valence-electron chi connectivity index (χ4n) is 2.23. The van der Waals surface area contributed by atoms with Gasteiger partial charge in [-0.2, -0.15) is 16.9 Å². The zero-order chi connectivity index (χ0) is 13.1. The molecule has 0 amide bonds. The Balaban J connectivity index is 1.82. The molecule has 0 radical (unpaired) electrons. The summed E-state index contributed by atoms with van der Waals surface area (Å²) in [4.78, 5) is 2.30. The van der Waals surface area contributed by atoms with Crippen LogP contribution < -0.4 is 4.90 Å². The van der Waals surface area contributed by atoms with Gasteiger partial charge in [0, 0.05) is 37.3 Å². The molecule has 6 heteroatoms. The largest absolute Gasteiger partial charge is 0.353 e. The molecule has 5 nitrogen and oxygen atoms in total. The highest BCUT2D eigenvalue weighted by molar-refractivity contribution is 7.99.